The Kier molecular flexibility index (Phi) is 7.45. The number of nitrogens with one attached hydrogen (secondary N) is 1. The molecule has 3 aromatic rings. The number of carbonyl (C=O) groups is 1. The minimum absolute atomic E-state index is 0.0447. The Morgan fingerprint density at radius 1 is 1.14 bits per heavy atom. The lowest BCUT2D eigenvalue weighted by Gasteiger charge is -2.25. The summed E-state index contributed by atoms with van der Waals surface area (Å²) in [6, 6.07) is 12.6. The molecule has 9 nitrogen and oxygen atoms in total. The van der Waals surface area contributed by atoms with Gasteiger partial charge in [0, 0.05) is 6.54 Å². The van der Waals surface area contributed by atoms with Gasteiger partial charge >= 0.3 is 5.69 Å². The van der Waals surface area contributed by atoms with Crippen LogP contribution in [0, 0.1) is 0 Å². The molecule has 1 aliphatic heterocycles. The standard InChI is InChI=1S/C25H27ClN4O5/c1-2-3-9-29-23(27)21(24(32)28-25(29)33)30(15-16-7-5-4-6-8-16)20(31)14-17-12-18(26)22-19(13-17)34-10-11-35-22/h4-8,12-13H,2-3,9-11,14-15,27H2,1H3,(H,28,32,33). The Labute approximate surface area is 207 Å². The highest BCUT2D eigenvalue weighted by atomic mass is 35.5. The van der Waals surface area contributed by atoms with Crippen LogP contribution in [0.25, 0.3) is 0 Å². The number of rotatable bonds is 8. The van der Waals surface area contributed by atoms with Gasteiger partial charge in [-0.1, -0.05) is 55.3 Å². The molecule has 184 valence electrons. The molecule has 0 radical (unpaired) electrons. The number of unbranched alkanes of at least 4 members (excludes halogenated alkanes) is 1. The Morgan fingerprint density at radius 3 is 2.63 bits per heavy atom. The second kappa shape index (κ2) is 10.7. The number of nitrogens with zero attached hydrogens (tertiary/aromatic N) is 2. The molecule has 35 heavy (non-hydrogen) atoms. The largest absolute Gasteiger partial charge is 0.486 e. The molecule has 2 aromatic carbocycles. The summed E-state index contributed by atoms with van der Waals surface area (Å²) >= 11 is 6.35. The topological polar surface area (TPSA) is 120 Å². The highest BCUT2D eigenvalue weighted by molar-refractivity contribution is 6.32. The average molecular weight is 499 g/mol. The lowest BCUT2D eigenvalue weighted by Crippen LogP contribution is -2.41. The summed E-state index contributed by atoms with van der Waals surface area (Å²) < 4.78 is 12.5. The number of nitrogen functional groups attached to an aromatic ring is 1. The predicted octanol–water partition coefficient (Wildman–Crippen LogP) is 3.12. The zero-order valence-corrected chi connectivity index (χ0v) is 20.1. The number of carbonyl (C=O) groups excluding carboxylic acids is 1. The maximum absolute atomic E-state index is 13.6. The third-order valence-electron chi connectivity index (χ3n) is 5.72. The number of H-pyrrole nitrogens is 1. The quantitative estimate of drug-likeness (QED) is 0.492. The number of fused-ring (bicyclic) bond motifs is 1. The number of nitrogens with two attached hydrogens (primary N) is 1. The van der Waals surface area contributed by atoms with Gasteiger partial charge in [0.25, 0.3) is 5.56 Å². The first kappa shape index (κ1) is 24.4. The van der Waals surface area contributed by atoms with Crippen molar-refractivity contribution >= 4 is 29.0 Å². The van der Waals surface area contributed by atoms with Crippen LogP contribution in [0.5, 0.6) is 11.5 Å². The van der Waals surface area contributed by atoms with E-state index >= 15 is 0 Å². The SMILES string of the molecule is CCCCn1c(N)c(N(Cc2ccccc2)C(=O)Cc2cc(Cl)c3c(c2)OCCO3)c(=O)[nH]c1=O. The van der Waals surface area contributed by atoms with E-state index in [4.69, 9.17) is 26.8 Å². The highest BCUT2D eigenvalue weighted by Crippen LogP contribution is 2.38. The second-order valence-electron chi connectivity index (χ2n) is 8.24. The number of benzene rings is 2. The monoisotopic (exact) mass is 498 g/mol. The number of ether oxygens (including phenoxy) is 2. The van der Waals surface area contributed by atoms with Crippen LogP contribution in [-0.4, -0.2) is 28.7 Å². The van der Waals surface area contributed by atoms with Crippen LogP contribution in [0.4, 0.5) is 11.5 Å². The first-order valence-corrected chi connectivity index (χ1v) is 11.8. The number of anilines is 2. The minimum atomic E-state index is -0.718. The van der Waals surface area contributed by atoms with Crippen LogP contribution in [0.3, 0.4) is 0 Å². The molecule has 0 aliphatic carbocycles. The van der Waals surface area contributed by atoms with Crippen LogP contribution in [0.2, 0.25) is 5.02 Å². The molecule has 1 amide bonds. The van der Waals surface area contributed by atoms with Crippen molar-refractivity contribution in [1.82, 2.24) is 9.55 Å². The van der Waals surface area contributed by atoms with Gasteiger partial charge < -0.3 is 15.2 Å². The van der Waals surface area contributed by atoms with E-state index in [-0.39, 0.29) is 30.4 Å². The van der Waals surface area contributed by atoms with E-state index < -0.39 is 11.2 Å². The fraction of sp³-hybridized carbons (Fsp3) is 0.320. The van der Waals surface area contributed by atoms with Gasteiger partial charge in [0.05, 0.1) is 18.0 Å². The fourth-order valence-electron chi connectivity index (χ4n) is 3.97. The molecular weight excluding hydrogens is 472 g/mol. The van der Waals surface area contributed by atoms with Crippen LogP contribution in [-0.2, 0) is 24.3 Å². The van der Waals surface area contributed by atoms with Gasteiger partial charge in [-0.05, 0) is 29.7 Å². The summed E-state index contributed by atoms with van der Waals surface area (Å²) in [5.74, 6) is 0.474. The zero-order chi connectivity index (χ0) is 24.9. The van der Waals surface area contributed by atoms with Gasteiger partial charge in [-0.25, -0.2) is 4.79 Å². The van der Waals surface area contributed by atoms with Crippen molar-refractivity contribution in [1.29, 1.82) is 0 Å². The number of hydrogen-bond acceptors (Lipinski definition) is 6. The third kappa shape index (κ3) is 5.35. The van der Waals surface area contributed by atoms with Crippen molar-refractivity contribution < 1.29 is 14.3 Å². The Morgan fingerprint density at radius 2 is 1.89 bits per heavy atom. The summed E-state index contributed by atoms with van der Waals surface area (Å²) in [5.41, 5.74) is 6.33. The van der Waals surface area contributed by atoms with Gasteiger partial charge in [-0.15, -0.1) is 0 Å². The lowest BCUT2D eigenvalue weighted by molar-refractivity contribution is -0.118. The summed E-state index contributed by atoms with van der Waals surface area (Å²) in [5, 5.41) is 0.338. The number of halogens is 1. The van der Waals surface area contributed by atoms with Crippen molar-refractivity contribution in [2.45, 2.75) is 39.3 Å². The molecule has 3 N–H and O–H groups in total. The first-order chi connectivity index (χ1) is 16.9. The average Bonchev–Trinajstić information content (AvgIpc) is 2.84. The lowest BCUT2D eigenvalue weighted by atomic mass is 10.1. The van der Waals surface area contributed by atoms with Crippen LogP contribution < -0.4 is 31.4 Å². The number of aromatic nitrogens is 2. The maximum atomic E-state index is 13.6. The summed E-state index contributed by atoms with van der Waals surface area (Å²) in [6.07, 6.45) is 1.45. The maximum Gasteiger partial charge on any atom is 0.330 e. The molecule has 4 rings (SSSR count). The van der Waals surface area contributed by atoms with E-state index in [1.807, 2.05) is 37.3 Å². The van der Waals surface area contributed by atoms with Crippen molar-refractivity contribution in [2.75, 3.05) is 23.8 Å². The summed E-state index contributed by atoms with van der Waals surface area (Å²) in [6.45, 7) is 3.18. The van der Waals surface area contributed by atoms with Gasteiger partial charge in [-0.2, -0.15) is 0 Å². The van der Waals surface area contributed by atoms with Crippen molar-refractivity contribution in [3.8, 4) is 11.5 Å². The Balaban J connectivity index is 1.74. The zero-order valence-electron chi connectivity index (χ0n) is 19.4. The van der Waals surface area contributed by atoms with Crippen molar-refractivity contribution in [3.05, 3.63) is 79.5 Å². The number of aromatic amines is 1. The molecule has 2 heterocycles. The minimum Gasteiger partial charge on any atom is -0.486 e. The van der Waals surface area contributed by atoms with Crippen molar-refractivity contribution in [3.63, 3.8) is 0 Å². The van der Waals surface area contributed by atoms with E-state index in [0.29, 0.717) is 48.3 Å². The van der Waals surface area contributed by atoms with E-state index in [1.54, 1.807) is 12.1 Å². The third-order valence-corrected chi connectivity index (χ3v) is 6.00. The van der Waals surface area contributed by atoms with E-state index in [2.05, 4.69) is 4.98 Å². The molecule has 0 fully saturated rings. The van der Waals surface area contributed by atoms with Crippen LogP contribution in [0.1, 0.15) is 30.9 Å². The van der Waals surface area contributed by atoms with Gasteiger partial charge in [0.2, 0.25) is 5.91 Å². The van der Waals surface area contributed by atoms with Crippen LogP contribution in [0.15, 0.2) is 52.1 Å². The van der Waals surface area contributed by atoms with E-state index in [0.717, 1.165) is 12.0 Å². The normalized spacial score (nSPS) is 12.4. The van der Waals surface area contributed by atoms with E-state index in [1.165, 1.54) is 9.47 Å². The molecule has 0 bridgehead atoms. The molecule has 10 heteroatoms. The number of hydrogen-bond donors (Lipinski definition) is 2. The number of amides is 1. The van der Waals surface area contributed by atoms with Gasteiger partial charge in [0.15, 0.2) is 17.2 Å². The Bertz CT molecular complexity index is 1340. The highest BCUT2D eigenvalue weighted by Gasteiger charge is 2.26. The van der Waals surface area contributed by atoms with Crippen molar-refractivity contribution in [2.24, 2.45) is 0 Å². The molecule has 0 saturated heterocycles. The fourth-order valence-corrected chi connectivity index (χ4v) is 4.26. The Hall–Kier alpha value is -3.72. The summed E-state index contributed by atoms with van der Waals surface area (Å²) in [7, 11) is 0. The molecule has 0 unspecified atom stereocenters. The molecule has 0 atom stereocenters. The molecule has 1 aromatic heterocycles. The molecular formula is C25H27ClN4O5. The molecule has 1 aliphatic rings. The van der Waals surface area contributed by atoms with E-state index in [9.17, 15) is 14.4 Å². The van der Waals surface area contributed by atoms with Crippen LogP contribution >= 0.6 is 11.6 Å². The van der Waals surface area contributed by atoms with Gasteiger partial charge in [-0.3, -0.25) is 24.0 Å². The smallest absolute Gasteiger partial charge is 0.330 e. The predicted molar refractivity (Wildman–Crippen MR) is 134 cm³/mol. The molecule has 0 spiro atoms. The molecule has 0 saturated carbocycles. The second-order valence-corrected chi connectivity index (χ2v) is 8.65. The summed E-state index contributed by atoms with van der Waals surface area (Å²) in [4.78, 5) is 42.6. The van der Waals surface area contributed by atoms with Gasteiger partial charge in [0.1, 0.15) is 19.0 Å². The first-order valence-electron chi connectivity index (χ1n) is 11.4.